The maximum absolute atomic E-state index is 12.4. The van der Waals surface area contributed by atoms with Crippen molar-refractivity contribution < 1.29 is 4.79 Å². The minimum Gasteiger partial charge on any atom is -0.345 e. The van der Waals surface area contributed by atoms with Crippen LogP contribution in [0.25, 0.3) is 0 Å². The smallest absolute Gasteiger partial charge is 0.223 e. The Morgan fingerprint density at radius 3 is 2.28 bits per heavy atom. The molecule has 1 N–H and O–H groups in total. The van der Waals surface area contributed by atoms with Gasteiger partial charge in [-0.3, -0.25) is 4.79 Å². The highest BCUT2D eigenvalue weighted by molar-refractivity contribution is 5.79. The van der Waals surface area contributed by atoms with Gasteiger partial charge in [0, 0.05) is 5.92 Å². The normalized spacial score (nSPS) is 13.6. The van der Waals surface area contributed by atoms with Crippen molar-refractivity contribution in [3.8, 4) is 0 Å². The molecule has 0 aliphatic carbocycles. The van der Waals surface area contributed by atoms with Crippen molar-refractivity contribution in [2.45, 2.75) is 59.9 Å². The Balaban J connectivity index is 0.00000178. The van der Waals surface area contributed by atoms with Crippen molar-refractivity contribution in [3.05, 3.63) is 72.4 Å². The summed E-state index contributed by atoms with van der Waals surface area (Å²) >= 11 is 0. The lowest BCUT2D eigenvalue weighted by molar-refractivity contribution is -0.125. The summed E-state index contributed by atoms with van der Waals surface area (Å²) in [6.45, 7) is 14.1. The molecule has 1 amide bonds. The molecule has 0 bridgehead atoms. The Labute approximate surface area is 154 Å². The summed E-state index contributed by atoms with van der Waals surface area (Å²) in [5, 5.41) is 3.18. The second-order valence-electron chi connectivity index (χ2n) is 6.15. The molecular weight excluding hydrogens is 306 g/mol. The molecule has 1 aromatic rings. The first kappa shape index (κ1) is 22.9. The number of carbonyl (C=O) groups excluding carboxylic acids is 1. The van der Waals surface area contributed by atoms with Gasteiger partial charge < -0.3 is 5.32 Å². The van der Waals surface area contributed by atoms with Gasteiger partial charge in [-0.25, -0.2) is 0 Å². The van der Waals surface area contributed by atoms with Gasteiger partial charge in [-0.05, 0) is 24.5 Å². The molecule has 0 aromatic heterocycles. The molecule has 0 radical (unpaired) electrons. The zero-order chi connectivity index (χ0) is 19.1. The van der Waals surface area contributed by atoms with E-state index in [4.69, 9.17) is 0 Å². The minimum atomic E-state index is -0.151. The molecule has 2 atom stereocenters. The molecule has 2 nitrogen and oxygen atoms in total. The quantitative estimate of drug-likeness (QED) is 0.546. The van der Waals surface area contributed by atoms with E-state index >= 15 is 0 Å². The van der Waals surface area contributed by atoms with Crippen LogP contribution in [0.1, 0.15) is 65.5 Å². The van der Waals surface area contributed by atoms with Gasteiger partial charge in [-0.2, -0.15) is 0 Å². The van der Waals surface area contributed by atoms with Gasteiger partial charge in [0.25, 0.3) is 0 Å². The van der Waals surface area contributed by atoms with Crippen LogP contribution in [-0.4, -0.2) is 5.91 Å². The fourth-order valence-corrected chi connectivity index (χ4v) is 2.43. The molecule has 0 heterocycles. The fourth-order valence-electron chi connectivity index (χ4n) is 2.43. The van der Waals surface area contributed by atoms with Gasteiger partial charge in [0.15, 0.2) is 0 Å². The van der Waals surface area contributed by atoms with Crippen LogP contribution in [0.15, 0.2) is 66.8 Å². The predicted molar refractivity (Wildman–Crippen MR) is 110 cm³/mol. The van der Waals surface area contributed by atoms with Crippen LogP contribution in [-0.2, 0) is 4.79 Å². The van der Waals surface area contributed by atoms with E-state index < -0.39 is 0 Å². The molecule has 0 fully saturated rings. The minimum absolute atomic E-state index is 0.0202. The monoisotopic (exact) mass is 341 g/mol. The number of nitrogens with one attached hydrogen (secondary N) is 1. The third kappa shape index (κ3) is 9.09. The van der Waals surface area contributed by atoms with Gasteiger partial charge in [0.2, 0.25) is 5.91 Å². The summed E-state index contributed by atoms with van der Waals surface area (Å²) < 4.78 is 0. The predicted octanol–water partition coefficient (Wildman–Crippen LogP) is 6.38. The average molecular weight is 342 g/mol. The maximum atomic E-state index is 12.4. The summed E-state index contributed by atoms with van der Waals surface area (Å²) in [4.78, 5) is 12.4. The van der Waals surface area contributed by atoms with E-state index in [-0.39, 0.29) is 17.9 Å². The standard InChI is InChI=1S/C20H27NO.C3H8/c1-5-11-16(4)20(22)21-19(17(12-6-2)13-7-3)18-14-9-8-10-15-18;1-3-2/h6-10,12-16,19H,2,5,11H2,1,3-4H3,(H,21,22);3H2,1-2H3/b13-7-,17-12+;. The Hall–Kier alpha value is -2.09. The highest BCUT2D eigenvalue weighted by Gasteiger charge is 2.20. The lowest BCUT2D eigenvalue weighted by Crippen LogP contribution is -2.33. The largest absolute Gasteiger partial charge is 0.345 e. The summed E-state index contributed by atoms with van der Waals surface area (Å²) in [7, 11) is 0. The average Bonchev–Trinajstić information content (AvgIpc) is 2.61. The van der Waals surface area contributed by atoms with Crippen molar-refractivity contribution in [3.63, 3.8) is 0 Å². The van der Waals surface area contributed by atoms with Crippen LogP contribution in [0.4, 0.5) is 0 Å². The number of hydrogen-bond donors (Lipinski definition) is 1. The molecular formula is C23H35NO. The number of benzene rings is 1. The Bertz CT molecular complexity index is 542. The first-order valence-corrected chi connectivity index (χ1v) is 9.36. The van der Waals surface area contributed by atoms with Gasteiger partial charge in [-0.1, -0.05) is 102 Å². The summed E-state index contributed by atoms with van der Waals surface area (Å²) in [5.74, 6) is 0.113. The van der Waals surface area contributed by atoms with Crippen molar-refractivity contribution in [1.29, 1.82) is 0 Å². The molecule has 0 spiro atoms. The SMILES string of the molecule is C=C/C=C(\C=C/C)C(NC(=O)C(C)CCC)c1ccccc1.CCC. The number of hydrogen-bond acceptors (Lipinski definition) is 1. The van der Waals surface area contributed by atoms with Crippen LogP contribution in [0.3, 0.4) is 0 Å². The molecule has 1 aromatic carbocycles. The first-order valence-electron chi connectivity index (χ1n) is 9.36. The van der Waals surface area contributed by atoms with E-state index in [9.17, 15) is 4.79 Å². The topological polar surface area (TPSA) is 29.1 Å². The summed E-state index contributed by atoms with van der Waals surface area (Å²) in [5.41, 5.74) is 2.10. The second kappa shape index (κ2) is 14.3. The number of amides is 1. The Kier molecular flexibility index (Phi) is 13.1. The van der Waals surface area contributed by atoms with Gasteiger partial charge >= 0.3 is 0 Å². The Morgan fingerprint density at radius 2 is 1.80 bits per heavy atom. The second-order valence-corrected chi connectivity index (χ2v) is 6.15. The van der Waals surface area contributed by atoms with Gasteiger partial charge in [0.1, 0.15) is 0 Å². The van der Waals surface area contributed by atoms with Crippen molar-refractivity contribution in [1.82, 2.24) is 5.32 Å². The Morgan fingerprint density at radius 1 is 1.20 bits per heavy atom. The third-order valence-corrected chi connectivity index (χ3v) is 3.59. The first-order chi connectivity index (χ1) is 12.0. The van der Waals surface area contributed by atoms with E-state index in [1.807, 2.05) is 62.4 Å². The van der Waals surface area contributed by atoms with Gasteiger partial charge in [-0.15, -0.1) is 0 Å². The molecule has 2 unspecified atom stereocenters. The zero-order valence-electron chi connectivity index (χ0n) is 16.6. The fraction of sp³-hybridized carbons (Fsp3) is 0.435. The van der Waals surface area contributed by atoms with E-state index in [2.05, 4.69) is 32.7 Å². The third-order valence-electron chi connectivity index (χ3n) is 3.59. The van der Waals surface area contributed by atoms with E-state index in [1.54, 1.807) is 6.08 Å². The molecule has 0 saturated carbocycles. The number of allylic oxidation sites excluding steroid dienone is 3. The number of carbonyl (C=O) groups is 1. The van der Waals surface area contributed by atoms with E-state index in [0.29, 0.717) is 0 Å². The van der Waals surface area contributed by atoms with Crippen molar-refractivity contribution in [2.75, 3.05) is 0 Å². The lowest BCUT2D eigenvalue weighted by Gasteiger charge is -2.23. The molecule has 25 heavy (non-hydrogen) atoms. The molecule has 2 heteroatoms. The maximum Gasteiger partial charge on any atom is 0.223 e. The van der Waals surface area contributed by atoms with Crippen molar-refractivity contribution in [2.24, 2.45) is 5.92 Å². The van der Waals surface area contributed by atoms with E-state index in [0.717, 1.165) is 24.0 Å². The van der Waals surface area contributed by atoms with Gasteiger partial charge in [0.05, 0.1) is 6.04 Å². The molecule has 0 aliphatic rings. The highest BCUT2D eigenvalue weighted by atomic mass is 16.1. The molecule has 0 saturated heterocycles. The molecule has 1 rings (SSSR count). The van der Waals surface area contributed by atoms with Crippen LogP contribution < -0.4 is 5.32 Å². The summed E-state index contributed by atoms with van der Waals surface area (Å²) in [6, 6.07) is 9.89. The molecule has 138 valence electrons. The van der Waals surface area contributed by atoms with Crippen LogP contribution in [0, 0.1) is 5.92 Å². The zero-order valence-corrected chi connectivity index (χ0v) is 16.6. The van der Waals surface area contributed by atoms with Crippen LogP contribution >= 0.6 is 0 Å². The lowest BCUT2D eigenvalue weighted by atomic mass is 9.96. The number of rotatable bonds is 8. The van der Waals surface area contributed by atoms with E-state index in [1.165, 1.54) is 6.42 Å². The van der Waals surface area contributed by atoms with Crippen molar-refractivity contribution >= 4 is 5.91 Å². The highest BCUT2D eigenvalue weighted by Crippen LogP contribution is 2.24. The van der Waals surface area contributed by atoms with Crippen LogP contribution in [0.2, 0.25) is 0 Å². The molecule has 0 aliphatic heterocycles. The van der Waals surface area contributed by atoms with Crippen LogP contribution in [0.5, 0.6) is 0 Å². The summed E-state index contributed by atoms with van der Waals surface area (Å²) in [6.07, 6.45) is 10.9.